The van der Waals surface area contributed by atoms with Crippen LogP contribution >= 0.6 is 23.5 Å². The number of aromatic nitrogens is 6. The Morgan fingerprint density at radius 3 is 2.48 bits per heavy atom. The Morgan fingerprint density at radius 1 is 1.13 bits per heavy atom. The molecule has 54 heavy (non-hydrogen) atoms. The third-order valence-corrected chi connectivity index (χ3v) is 11.0. The molecule has 2 aliphatic heterocycles. The van der Waals surface area contributed by atoms with E-state index < -0.39 is 57.4 Å². The lowest BCUT2D eigenvalue weighted by molar-refractivity contribution is -0.149. The number of nitrogens with one attached hydrogen (secondary N) is 4. The van der Waals surface area contributed by atoms with E-state index >= 15 is 0 Å². The molecule has 2 aromatic carbocycles. The van der Waals surface area contributed by atoms with Crippen molar-refractivity contribution < 1.29 is 47.7 Å². The number of amides is 4. The molecule has 0 bridgehead atoms. The number of β-lactam (4-membered cyclic amide) rings is 1. The van der Waals surface area contributed by atoms with Gasteiger partial charge in [-0.3, -0.25) is 14.5 Å². The highest BCUT2D eigenvalue weighted by Gasteiger charge is 2.54. The Hall–Kier alpha value is -6.18. The van der Waals surface area contributed by atoms with Crippen molar-refractivity contribution in [1.82, 2.24) is 45.7 Å². The van der Waals surface area contributed by atoms with E-state index in [4.69, 9.17) is 9.88 Å². The first-order valence-corrected chi connectivity index (χ1v) is 18.8. The van der Waals surface area contributed by atoms with Crippen molar-refractivity contribution in [3.8, 4) is 11.6 Å². The predicted octanol–water partition coefficient (Wildman–Crippen LogP) is 0.764. The molecule has 4 aromatic rings. The number of fused-ring (bicyclic) bond motifs is 1. The molecular formula is C29H28N12O10S3. The zero-order valence-electron chi connectivity index (χ0n) is 27.5. The van der Waals surface area contributed by atoms with Crippen LogP contribution in [0.5, 0.6) is 11.6 Å². The molecule has 25 heteroatoms. The second-order valence-corrected chi connectivity index (χ2v) is 14.9. The van der Waals surface area contributed by atoms with Gasteiger partial charge >= 0.3 is 12.2 Å². The van der Waals surface area contributed by atoms with Crippen LogP contribution in [0.25, 0.3) is 0 Å². The number of urea groups is 1. The Bertz CT molecular complexity index is 2250. The van der Waals surface area contributed by atoms with Gasteiger partial charge in [0.2, 0.25) is 38.8 Å². The number of phenols is 1. The van der Waals surface area contributed by atoms with E-state index in [0.29, 0.717) is 16.4 Å². The standard InChI is InChI=1S/C29H28N12O10S3/c1-40-28(37-38-39-40)53-12-14-11-52-25-20(23(45)41(25)24(14)51-29(47)48)34-22(44)19(13-2-6-16(42)7-3-13)35-27(46)33-18-10-31-26(36-21(18)43)32-15-4-8-17(9-5-15)54(30,49)50/h2-10,19-20,25,42H,11-12H2,1H3,(H,34,44)(H,47,48)(H2,30,49,50)(H2,33,35,46)(H2,31,32,36,43)/t19?,20?,25-/m0/s1. The van der Waals surface area contributed by atoms with E-state index in [1.165, 1.54) is 76.7 Å². The zero-order valence-corrected chi connectivity index (χ0v) is 29.9. The Labute approximate surface area is 312 Å². The summed E-state index contributed by atoms with van der Waals surface area (Å²) in [5, 5.41) is 55.9. The van der Waals surface area contributed by atoms with Gasteiger partial charge in [-0.1, -0.05) is 23.9 Å². The van der Waals surface area contributed by atoms with Crippen molar-refractivity contribution in [1.29, 1.82) is 0 Å². The number of anilines is 3. The molecule has 2 aliphatic rings. The van der Waals surface area contributed by atoms with Gasteiger partial charge in [-0.15, -0.1) is 16.9 Å². The molecule has 2 aromatic heterocycles. The minimum Gasteiger partial charge on any atom is -0.508 e. The van der Waals surface area contributed by atoms with Gasteiger partial charge in [0.25, 0.3) is 5.91 Å². The second kappa shape index (κ2) is 15.4. The molecule has 22 nitrogen and oxygen atoms in total. The van der Waals surface area contributed by atoms with Gasteiger partial charge in [0, 0.05) is 29.8 Å². The van der Waals surface area contributed by atoms with Gasteiger partial charge in [-0.25, -0.2) is 32.8 Å². The summed E-state index contributed by atoms with van der Waals surface area (Å²) in [6, 6.07) is 7.05. The summed E-state index contributed by atoms with van der Waals surface area (Å²) in [7, 11) is -2.28. The molecule has 4 heterocycles. The van der Waals surface area contributed by atoms with Gasteiger partial charge in [0.05, 0.1) is 11.1 Å². The number of hydrogen-bond acceptors (Lipinski definition) is 17. The van der Waals surface area contributed by atoms with Crippen LogP contribution in [0.2, 0.25) is 0 Å². The van der Waals surface area contributed by atoms with E-state index in [9.17, 15) is 42.9 Å². The molecule has 0 radical (unpaired) electrons. The summed E-state index contributed by atoms with van der Waals surface area (Å²) >= 11 is 2.46. The lowest BCUT2D eigenvalue weighted by Crippen LogP contribution is -2.70. The highest BCUT2D eigenvalue weighted by Crippen LogP contribution is 2.42. The number of sulfonamides is 1. The number of nitrogens with two attached hydrogens (primary N) is 1. The molecule has 1 fully saturated rings. The van der Waals surface area contributed by atoms with E-state index in [0.717, 1.165) is 11.1 Å². The third kappa shape index (κ3) is 8.38. The highest BCUT2D eigenvalue weighted by atomic mass is 32.2. The molecule has 282 valence electrons. The van der Waals surface area contributed by atoms with Crippen LogP contribution in [0.15, 0.2) is 76.2 Å². The average Bonchev–Trinajstić information content (AvgIpc) is 3.54. The van der Waals surface area contributed by atoms with Crippen molar-refractivity contribution >= 4 is 74.9 Å². The average molecular weight is 801 g/mol. The zero-order chi connectivity index (χ0) is 38.7. The Balaban J connectivity index is 1.13. The fraction of sp³-hybridized carbons (Fsp3) is 0.207. The third-order valence-electron chi connectivity index (χ3n) is 7.65. The molecule has 0 spiro atoms. The predicted molar refractivity (Wildman–Crippen MR) is 188 cm³/mol. The molecule has 3 atom stereocenters. The second-order valence-electron chi connectivity index (χ2n) is 11.3. The molecule has 2 unspecified atom stereocenters. The fourth-order valence-corrected chi connectivity index (χ4v) is 7.89. The molecule has 6 rings (SSSR count). The monoisotopic (exact) mass is 800 g/mol. The number of phenolic OH excluding ortho intramolecular Hbond substituents is 1. The maximum Gasteiger partial charge on any atom is 0.512 e. The quantitative estimate of drug-likeness (QED) is 0.0557. The largest absolute Gasteiger partial charge is 0.512 e. The number of nitrogens with zero attached hydrogens (tertiary/aromatic N) is 7. The minimum atomic E-state index is -3.91. The molecule has 9 N–H and O–H groups in total. The first-order chi connectivity index (χ1) is 25.7. The number of ether oxygens (including phenoxy) is 1. The van der Waals surface area contributed by atoms with Crippen LogP contribution in [-0.4, -0.2) is 106 Å². The fourth-order valence-electron chi connectivity index (χ4n) is 5.08. The maximum atomic E-state index is 13.7. The van der Waals surface area contributed by atoms with Crippen LogP contribution in [0.1, 0.15) is 11.6 Å². The topological polar surface area (TPSA) is 319 Å². The van der Waals surface area contributed by atoms with E-state index in [2.05, 4.69) is 46.8 Å². The van der Waals surface area contributed by atoms with E-state index in [-0.39, 0.29) is 45.2 Å². The SMILES string of the molecule is Cn1nnnc1SCC1=C(OC(=O)O)N2C(=O)C(NC(=O)C(NC(=O)Nc3cnc(Nc4ccc(S(N)(=O)=O)cc4)nc3O)c3ccc(O)cc3)[C@@H]2SC1. The van der Waals surface area contributed by atoms with E-state index in [1.54, 1.807) is 7.05 Å². The summed E-state index contributed by atoms with van der Waals surface area (Å²) in [6.07, 6.45) is -0.567. The minimum absolute atomic E-state index is 0.108. The highest BCUT2D eigenvalue weighted by molar-refractivity contribution is 8.01. The number of rotatable bonds is 12. The lowest BCUT2D eigenvalue weighted by Gasteiger charge is -2.49. The summed E-state index contributed by atoms with van der Waals surface area (Å²) in [4.78, 5) is 60.7. The number of hydrogen-bond donors (Lipinski definition) is 8. The van der Waals surface area contributed by atoms with E-state index in [1.807, 2.05) is 0 Å². The van der Waals surface area contributed by atoms with Crippen LogP contribution in [-0.2, 0) is 31.4 Å². The molecule has 0 aliphatic carbocycles. The molecule has 0 saturated carbocycles. The molecule has 1 saturated heterocycles. The maximum absolute atomic E-state index is 13.7. The Kier molecular flexibility index (Phi) is 10.7. The number of tetrazole rings is 1. The summed E-state index contributed by atoms with van der Waals surface area (Å²) in [5.41, 5.74) is 0.805. The first kappa shape index (κ1) is 37.6. The van der Waals surface area contributed by atoms with Gasteiger partial charge in [0.1, 0.15) is 28.9 Å². The van der Waals surface area contributed by atoms with Gasteiger partial charge < -0.3 is 41.3 Å². The summed E-state index contributed by atoms with van der Waals surface area (Å²) in [5.74, 6) is -2.12. The van der Waals surface area contributed by atoms with Crippen LogP contribution in [0, 0.1) is 0 Å². The van der Waals surface area contributed by atoms with Crippen LogP contribution in [0.4, 0.5) is 26.9 Å². The van der Waals surface area contributed by atoms with Crippen molar-refractivity contribution in [3.63, 3.8) is 0 Å². The number of carboxylic acid groups (broad SMARTS) is 1. The van der Waals surface area contributed by atoms with Gasteiger partial charge in [-0.05, 0) is 52.4 Å². The van der Waals surface area contributed by atoms with Crippen molar-refractivity contribution in [2.45, 2.75) is 27.5 Å². The Morgan fingerprint density at radius 2 is 1.85 bits per heavy atom. The lowest BCUT2D eigenvalue weighted by atomic mass is 10.0. The van der Waals surface area contributed by atoms with Crippen molar-refractivity contribution in [2.24, 2.45) is 12.2 Å². The normalized spacial score (nSPS) is 17.1. The van der Waals surface area contributed by atoms with Gasteiger partial charge in [-0.2, -0.15) is 4.98 Å². The number of primary sulfonamides is 1. The smallest absolute Gasteiger partial charge is 0.508 e. The number of benzene rings is 2. The number of carbonyl (C=O) groups excluding carboxylic acids is 3. The van der Waals surface area contributed by atoms with Crippen LogP contribution < -0.4 is 26.4 Å². The number of aromatic hydroxyl groups is 2. The molecular weight excluding hydrogens is 773 g/mol. The van der Waals surface area contributed by atoms with Crippen molar-refractivity contribution in [2.75, 3.05) is 22.1 Å². The number of carbonyl (C=O) groups is 4. The van der Waals surface area contributed by atoms with Gasteiger partial charge in [0.15, 0.2) is 0 Å². The number of aryl methyl sites for hydroxylation is 1. The summed E-state index contributed by atoms with van der Waals surface area (Å²) in [6.45, 7) is 0. The first-order valence-electron chi connectivity index (χ1n) is 15.2. The van der Waals surface area contributed by atoms with Crippen molar-refractivity contribution in [3.05, 3.63) is 71.7 Å². The summed E-state index contributed by atoms with van der Waals surface area (Å²) < 4.78 is 29.4. The molecule has 4 amide bonds. The van der Waals surface area contributed by atoms with Crippen LogP contribution in [0.3, 0.4) is 0 Å². The number of thioether (sulfide) groups is 2.